The number of amides is 1. The number of aromatic nitrogens is 3. The summed E-state index contributed by atoms with van der Waals surface area (Å²) in [6.45, 7) is 4.79. The van der Waals surface area contributed by atoms with Gasteiger partial charge in [0.2, 0.25) is 0 Å². The van der Waals surface area contributed by atoms with Crippen LogP contribution < -0.4 is 5.69 Å². The summed E-state index contributed by atoms with van der Waals surface area (Å²) < 4.78 is 8.34. The molecule has 4 rings (SSSR count). The molecule has 0 atom stereocenters. The largest absolute Gasteiger partial charge is 0.383 e. The SMILES string of the molecule is CCn1c(C2CCN(C(=O)c3cccc4ccccc34)CC2)nn(CCOC)c1=O. The molecule has 7 heteroatoms. The van der Waals surface area contributed by atoms with Crippen LogP contribution in [0.1, 0.15) is 41.9 Å². The summed E-state index contributed by atoms with van der Waals surface area (Å²) >= 11 is 0. The van der Waals surface area contributed by atoms with E-state index in [1.54, 1.807) is 11.7 Å². The van der Waals surface area contributed by atoms with Crippen molar-refractivity contribution in [1.29, 1.82) is 0 Å². The Hall–Kier alpha value is -2.93. The summed E-state index contributed by atoms with van der Waals surface area (Å²) in [7, 11) is 1.62. The van der Waals surface area contributed by atoms with Crippen molar-refractivity contribution in [2.75, 3.05) is 26.8 Å². The van der Waals surface area contributed by atoms with Crippen LogP contribution in [0.4, 0.5) is 0 Å². The van der Waals surface area contributed by atoms with Crippen LogP contribution in [0.2, 0.25) is 0 Å². The number of carbonyl (C=O) groups is 1. The Labute approximate surface area is 175 Å². The molecule has 7 nitrogen and oxygen atoms in total. The molecule has 0 spiro atoms. The number of fused-ring (bicyclic) bond motifs is 1. The molecule has 1 aliphatic heterocycles. The van der Waals surface area contributed by atoms with Crippen LogP contribution in [0, 0.1) is 0 Å². The number of piperidine rings is 1. The molecule has 0 aliphatic carbocycles. The molecule has 0 saturated carbocycles. The number of rotatable bonds is 6. The maximum Gasteiger partial charge on any atom is 0.345 e. The van der Waals surface area contributed by atoms with Crippen molar-refractivity contribution in [3.8, 4) is 0 Å². The summed E-state index contributed by atoms with van der Waals surface area (Å²) in [6.07, 6.45) is 1.61. The summed E-state index contributed by atoms with van der Waals surface area (Å²) in [6, 6.07) is 13.9. The highest BCUT2D eigenvalue weighted by molar-refractivity contribution is 6.07. The number of hydrogen-bond donors (Lipinski definition) is 0. The summed E-state index contributed by atoms with van der Waals surface area (Å²) in [5, 5.41) is 6.66. The van der Waals surface area contributed by atoms with Crippen molar-refractivity contribution in [2.45, 2.75) is 38.8 Å². The van der Waals surface area contributed by atoms with Crippen molar-refractivity contribution >= 4 is 16.7 Å². The average molecular weight is 409 g/mol. The van der Waals surface area contributed by atoms with E-state index in [0.29, 0.717) is 32.8 Å². The molecule has 1 saturated heterocycles. The fourth-order valence-corrected chi connectivity index (χ4v) is 4.30. The lowest BCUT2D eigenvalue weighted by Crippen LogP contribution is -2.38. The van der Waals surface area contributed by atoms with E-state index in [-0.39, 0.29) is 17.5 Å². The van der Waals surface area contributed by atoms with Crippen molar-refractivity contribution < 1.29 is 9.53 Å². The topological polar surface area (TPSA) is 69.4 Å². The molecule has 1 amide bonds. The highest BCUT2D eigenvalue weighted by atomic mass is 16.5. The molecule has 0 N–H and O–H groups in total. The van der Waals surface area contributed by atoms with Gasteiger partial charge >= 0.3 is 5.69 Å². The van der Waals surface area contributed by atoms with E-state index in [1.807, 2.05) is 54.3 Å². The smallest absolute Gasteiger partial charge is 0.345 e. The third-order valence-corrected chi connectivity index (χ3v) is 5.94. The molecular weight excluding hydrogens is 380 g/mol. The zero-order valence-corrected chi connectivity index (χ0v) is 17.6. The quantitative estimate of drug-likeness (QED) is 0.629. The van der Waals surface area contributed by atoms with Gasteiger partial charge in [-0.15, -0.1) is 0 Å². The Morgan fingerprint density at radius 3 is 2.60 bits per heavy atom. The minimum atomic E-state index is -0.0844. The monoisotopic (exact) mass is 408 g/mol. The van der Waals surface area contributed by atoms with Crippen LogP contribution in [0.3, 0.4) is 0 Å². The predicted octanol–water partition coefficient (Wildman–Crippen LogP) is 2.88. The number of hydrogen-bond acceptors (Lipinski definition) is 4. The normalized spacial score (nSPS) is 15.1. The molecule has 2 aromatic carbocycles. The summed E-state index contributed by atoms with van der Waals surface area (Å²) in [5.74, 6) is 1.08. The van der Waals surface area contributed by atoms with Crippen LogP contribution in [0.25, 0.3) is 10.8 Å². The van der Waals surface area contributed by atoms with E-state index < -0.39 is 0 Å². The third kappa shape index (κ3) is 3.77. The Morgan fingerprint density at radius 1 is 1.13 bits per heavy atom. The van der Waals surface area contributed by atoms with Gasteiger partial charge in [0, 0.05) is 38.2 Å². The molecule has 30 heavy (non-hydrogen) atoms. The van der Waals surface area contributed by atoms with Gasteiger partial charge in [-0.2, -0.15) is 5.10 Å². The Morgan fingerprint density at radius 2 is 1.87 bits per heavy atom. The fraction of sp³-hybridized carbons (Fsp3) is 0.435. The van der Waals surface area contributed by atoms with Gasteiger partial charge in [0.15, 0.2) is 0 Å². The number of nitrogens with zero attached hydrogens (tertiary/aromatic N) is 4. The van der Waals surface area contributed by atoms with E-state index >= 15 is 0 Å². The lowest BCUT2D eigenvalue weighted by atomic mass is 9.94. The molecule has 0 radical (unpaired) electrons. The minimum Gasteiger partial charge on any atom is -0.383 e. The first kappa shape index (κ1) is 20.3. The zero-order valence-electron chi connectivity index (χ0n) is 17.6. The highest BCUT2D eigenvalue weighted by Gasteiger charge is 2.29. The van der Waals surface area contributed by atoms with Crippen molar-refractivity contribution in [1.82, 2.24) is 19.2 Å². The lowest BCUT2D eigenvalue weighted by molar-refractivity contribution is 0.0712. The molecule has 1 fully saturated rings. The number of likely N-dealkylation sites (tertiary alicyclic amines) is 1. The average Bonchev–Trinajstić information content (AvgIpc) is 3.12. The van der Waals surface area contributed by atoms with E-state index in [4.69, 9.17) is 4.74 Å². The summed E-state index contributed by atoms with van der Waals surface area (Å²) in [5.41, 5.74) is 0.666. The Kier molecular flexibility index (Phi) is 5.99. The maximum atomic E-state index is 13.2. The van der Waals surface area contributed by atoms with Crippen LogP contribution in [-0.2, 0) is 17.8 Å². The first-order chi connectivity index (χ1) is 14.6. The van der Waals surface area contributed by atoms with Crippen molar-refractivity contribution in [3.63, 3.8) is 0 Å². The van der Waals surface area contributed by atoms with Crippen molar-refractivity contribution in [3.05, 3.63) is 64.3 Å². The molecule has 1 aromatic heterocycles. The van der Waals surface area contributed by atoms with Gasteiger partial charge in [0.05, 0.1) is 13.2 Å². The Balaban J connectivity index is 1.50. The standard InChI is InChI=1S/C23H28N4O3/c1-3-26-21(24-27(23(26)29)15-16-30-2)18-11-13-25(14-12-18)22(28)20-10-6-8-17-7-4-5-9-19(17)20/h4-10,18H,3,11-16H2,1-2H3. The third-order valence-electron chi connectivity index (χ3n) is 5.94. The molecule has 3 aromatic rings. The fourth-order valence-electron chi connectivity index (χ4n) is 4.30. The Bertz CT molecular complexity index is 1090. The van der Waals surface area contributed by atoms with E-state index in [0.717, 1.165) is 35.0 Å². The van der Waals surface area contributed by atoms with E-state index in [1.165, 1.54) is 4.68 Å². The maximum absolute atomic E-state index is 13.2. The van der Waals surface area contributed by atoms with Gasteiger partial charge < -0.3 is 9.64 Å². The van der Waals surface area contributed by atoms with Gasteiger partial charge in [0.1, 0.15) is 5.82 Å². The second-order valence-corrected chi connectivity index (χ2v) is 7.69. The van der Waals surface area contributed by atoms with Gasteiger partial charge in [-0.25, -0.2) is 9.48 Å². The zero-order chi connectivity index (χ0) is 21.1. The predicted molar refractivity (Wildman–Crippen MR) is 116 cm³/mol. The first-order valence-electron chi connectivity index (χ1n) is 10.6. The van der Waals surface area contributed by atoms with Gasteiger partial charge in [-0.1, -0.05) is 36.4 Å². The van der Waals surface area contributed by atoms with Crippen LogP contribution in [-0.4, -0.2) is 52.0 Å². The van der Waals surface area contributed by atoms with E-state index in [2.05, 4.69) is 5.10 Å². The van der Waals surface area contributed by atoms with Crippen LogP contribution in [0.15, 0.2) is 47.3 Å². The molecule has 158 valence electrons. The first-order valence-corrected chi connectivity index (χ1v) is 10.6. The van der Waals surface area contributed by atoms with Gasteiger partial charge in [-0.05, 0) is 36.6 Å². The number of carbonyl (C=O) groups excluding carboxylic acids is 1. The number of ether oxygens (including phenoxy) is 1. The minimum absolute atomic E-state index is 0.0729. The molecule has 2 heterocycles. The van der Waals surface area contributed by atoms with E-state index in [9.17, 15) is 9.59 Å². The molecule has 0 unspecified atom stereocenters. The van der Waals surface area contributed by atoms with Crippen molar-refractivity contribution in [2.24, 2.45) is 0 Å². The highest BCUT2D eigenvalue weighted by Crippen LogP contribution is 2.28. The number of methoxy groups -OCH3 is 1. The second kappa shape index (κ2) is 8.83. The lowest BCUT2D eigenvalue weighted by Gasteiger charge is -2.32. The number of benzene rings is 2. The van der Waals surface area contributed by atoms with Gasteiger partial charge in [-0.3, -0.25) is 9.36 Å². The second-order valence-electron chi connectivity index (χ2n) is 7.69. The molecule has 1 aliphatic rings. The van der Waals surface area contributed by atoms with Crippen LogP contribution >= 0.6 is 0 Å². The summed E-state index contributed by atoms with van der Waals surface area (Å²) in [4.78, 5) is 27.7. The van der Waals surface area contributed by atoms with Gasteiger partial charge in [0.25, 0.3) is 5.91 Å². The molecule has 0 bridgehead atoms. The van der Waals surface area contributed by atoms with Crippen LogP contribution in [0.5, 0.6) is 0 Å². The molecular formula is C23H28N4O3.